The Labute approximate surface area is 111 Å². The first-order valence-electron chi connectivity index (χ1n) is 5.94. The van der Waals surface area contributed by atoms with Gasteiger partial charge in [0.1, 0.15) is 0 Å². The molecule has 1 atom stereocenters. The Morgan fingerprint density at radius 1 is 1.33 bits per heavy atom. The van der Waals surface area contributed by atoms with Gasteiger partial charge in [0.15, 0.2) is 0 Å². The molecule has 96 valence electrons. The zero-order chi connectivity index (χ0) is 13.0. The molecule has 0 saturated carbocycles. The highest BCUT2D eigenvalue weighted by Gasteiger charge is 2.06. The summed E-state index contributed by atoms with van der Waals surface area (Å²) in [5.41, 5.74) is 1.29. The highest BCUT2D eigenvalue weighted by Crippen LogP contribution is 2.26. The molecule has 0 spiro atoms. The average Bonchev–Trinajstić information content (AvgIpc) is 2.76. The van der Waals surface area contributed by atoms with E-state index in [1.54, 1.807) is 16.4 Å². The fraction of sp³-hybridized carbons (Fsp3) is 0.417. The van der Waals surface area contributed by atoms with Crippen molar-refractivity contribution in [2.24, 2.45) is 7.05 Å². The SMILES string of the molecule is CCNC(C)c1ccc(Sc2nnnn2C)cc1. The van der Waals surface area contributed by atoms with E-state index in [0.717, 1.165) is 16.6 Å². The zero-order valence-corrected chi connectivity index (χ0v) is 11.6. The third-order valence-electron chi connectivity index (χ3n) is 2.68. The van der Waals surface area contributed by atoms with Gasteiger partial charge in [0.05, 0.1) is 0 Å². The quantitative estimate of drug-likeness (QED) is 0.894. The molecule has 1 aromatic heterocycles. The summed E-state index contributed by atoms with van der Waals surface area (Å²) in [6, 6.07) is 8.86. The van der Waals surface area contributed by atoms with Crippen LogP contribution in [0.2, 0.25) is 0 Å². The lowest BCUT2D eigenvalue weighted by molar-refractivity contribution is 0.598. The fourth-order valence-corrected chi connectivity index (χ4v) is 2.39. The van der Waals surface area contributed by atoms with Crippen LogP contribution < -0.4 is 5.32 Å². The lowest BCUT2D eigenvalue weighted by Gasteiger charge is -2.12. The van der Waals surface area contributed by atoms with Gasteiger partial charge in [0.2, 0.25) is 5.16 Å². The number of rotatable bonds is 5. The maximum absolute atomic E-state index is 3.95. The number of hydrogen-bond donors (Lipinski definition) is 1. The summed E-state index contributed by atoms with van der Waals surface area (Å²) in [5.74, 6) is 0. The summed E-state index contributed by atoms with van der Waals surface area (Å²) in [6.07, 6.45) is 0. The molecule has 0 aliphatic heterocycles. The second-order valence-electron chi connectivity index (χ2n) is 4.04. The van der Waals surface area contributed by atoms with Crippen LogP contribution in [0.15, 0.2) is 34.3 Å². The fourth-order valence-electron chi connectivity index (χ4n) is 1.66. The second kappa shape index (κ2) is 5.97. The van der Waals surface area contributed by atoms with E-state index in [4.69, 9.17) is 0 Å². The number of hydrogen-bond acceptors (Lipinski definition) is 5. The molecule has 6 heteroatoms. The van der Waals surface area contributed by atoms with E-state index < -0.39 is 0 Å². The van der Waals surface area contributed by atoms with Crippen molar-refractivity contribution in [3.8, 4) is 0 Å². The van der Waals surface area contributed by atoms with E-state index in [0.29, 0.717) is 6.04 Å². The first kappa shape index (κ1) is 13.0. The second-order valence-corrected chi connectivity index (χ2v) is 5.08. The van der Waals surface area contributed by atoms with E-state index in [-0.39, 0.29) is 0 Å². The third kappa shape index (κ3) is 3.08. The molecule has 0 amide bonds. The minimum absolute atomic E-state index is 0.380. The van der Waals surface area contributed by atoms with Crippen molar-refractivity contribution in [2.75, 3.05) is 6.54 Å². The summed E-state index contributed by atoms with van der Waals surface area (Å²) >= 11 is 1.56. The lowest BCUT2D eigenvalue weighted by atomic mass is 10.1. The number of nitrogens with zero attached hydrogens (tertiary/aromatic N) is 4. The standard InChI is InChI=1S/C12H17N5S/c1-4-13-9(2)10-5-7-11(8-6-10)18-12-14-15-16-17(12)3/h5-9,13H,4H2,1-3H3. The Morgan fingerprint density at radius 2 is 2.06 bits per heavy atom. The van der Waals surface area contributed by atoms with Gasteiger partial charge in [-0.1, -0.05) is 19.1 Å². The van der Waals surface area contributed by atoms with E-state index >= 15 is 0 Å². The normalized spacial score (nSPS) is 12.6. The molecular formula is C12H17N5S. The number of aryl methyl sites for hydroxylation is 1. The van der Waals surface area contributed by atoms with Crippen LogP contribution in [-0.2, 0) is 7.05 Å². The third-order valence-corrected chi connectivity index (χ3v) is 3.72. The highest BCUT2D eigenvalue weighted by molar-refractivity contribution is 7.99. The van der Waals surface area contributed by atoms with Gasteiger partial charge in [0, 0.05) is 18.0 Å². The molecule has 18 heavy (non-hydrogen) atoms. The smallest absolute Gasteiger partial charge is 0.213 e. The average molecular weight is 263 g/mol. The minimum Gasteiger partial charge on any atom is -0.310 e. The summed E-state index contributed by atoms with van der Waals surface area (Å²) in [7, 11) is 1.84. The van der Waals surface area contributed by atoms with Gasteiger partial charge >= 0.3 is 0 Å². The predicted octanol–water partition coefficient (Wildman–Crippen LogP) is 2.03. The van der Waals surface area contributed by atoms with E-state index in [1.807, 2.05) is 7.05 Å². The largest absolute Gasteiger partial charge is 0.310 e. The van der Waals surface area contributed by atoms with Gasteiger partial charge in [-0.05, 0) is 53.4 Å². The maximum atomic E-state index is 3.95. The Bertz CT molecular complexity index is 493. The maximum Gasteiger partial charge on any atom is 0.213 e. The molecule has 1 aromatic carbocycles. The predicted molar refractivity (Wildman–Crippen MR) is 71.5 cm³/mol. The van der Waals surface area contributed by atoms with E-state index in [2.05, 4.69) is 59.0 Å². The highest BCUT2D eigenvalue weighted by atomic mass is 32.2. The molecule has 2 rings (SSSR count). The van der Waals surface area contributed by atoms with Crippen LogP contribution in [0.3, 0.4) is 0 Å². The Kier molecular flexibility index (Phi) is 4.33. The van der Waals surface area contributed by atoms with Crippen molar-refractivity contribution >= 4 is 11.8 Å². The molecular weight excluding hydrogens is 246 g/mol. The molecule has 0 fully saturated rings. The van der Waals surface area contributed by atoms with Crippen LogP contribution in [0.5, 0.6) is 0 Å². The molecule has 0 bridgehead atoms. The molecule has 0 aliphatic rings. The summed E-state index contributed by atoms with van der Waals surface area (Å²) in [4.78, 5) is 1.14. The minimum atomic E-state index is 0.380. The summed E-state index contributed by atoms with van der Waals surface area (Å²) in [5, 5.41) is 15.6. The van der Waals surface area contributed by atoms with Crippen molar-refractivity contribution in [3.05, 3.63) is 29.8 Å². The van der Waals surface area contributed by atoms with Crippen LogP contribution in [0, 0.1) is 0 Å². The molecule has 1 N–H and O–H groups in total. The first-order valence-corrected chi connectivity index (χ1v) is 6.76. The molecule has 0 saturated heterocycles. The van der Waals surface area contributed by atoms with Gasteiger partial charge in [0.25, 0.3) is 0 Å². The summed E-state index contributed by atoms with van der Waals surface area (Å²) in [6.45, 7) is 5.25. The molecule has 2 aromatic rings. The Hall–Kier alpha value is -1.40. The molecule has 1 heterocycles. The van der Waals surface area contributed by atoms with Crippen LogP contribution in [0.25, 0.3) is 0 Å². The van der Waals surface area contributed by atoms with Crippen molar-refractivity contribution in [3.63, 3.8) is 0 Å². The van der Waals surface area contributed by atoms with Crippen LogP contribution in [0.1, 0.15) is 25.5 Å². The Balaban J connectivity index is 2.06. The van der Waals surface area contributed by atoms with Crippen molar-refractivity contribution < 1.29 is 0 Å². The van der Waals surface area contributed by atoms with Crippen molar-refractivity contribution in [2.45, 2.75) is 29.9 Å². The zero-order valence-electron chi connectivity index (χ0n) is 10.8. The summed E-state index contributed by atoms with van der Waals surface area (Å²) < 4.78 is 1.67. The van der Waals surface area contributed by atoms with Crippen LogP contribution in [0.4, 0.5) is 0 Å². The number of aromatic nitrogens is 4. The molecule has 1 unspecified atom stereocenters. The first-order chi connectivity index (χ1) is 8.70. The van der Waals surface area contributed by atoms with Crippen LogP contribution in [-0.4, -0.2) is 26.8 Å². The van der Waals surface area contributed by atoms with Crippen molar-refractivity contribution in [1.82, 2.24) is 25.5 Å². The van der Waals surface area contributed by atoms with Gasteiger partial charge in [-0.3, -0.25) is 0 Å². The van der Waals surface area contributed by atoms with Crippen molar-refractivity contribution in [1.29, 1.82) is 0 Å². The van der Waals surface area contributed by atoms with Gasteiger partial charge in [-0.2, -0.15) is 0 Å². The van der Waals surface area contributed by atoms with Crippen LogP contribution >= 0.6 is 11.8 Å². The number of nitrogens with one attached hydrogen (secondary N) is 1. The molecule has 0 aliphatic carbocycles. The Morgan fingerprint density at radius 3 is 2.61 bits per heavy atom. The van der Waals surface area contributed by atoms with Gasteiger partial charge < -0.3 is 5.32 Å². The van der Waals surface area contributed by atoms with Gasteiger partial charge in [-0.15, -0.1) is 5.10 Å². The van der Waals surface area contributed by atoms with E-state index in [1.165, 1.54) is 5.56 Å². The number of benzene rings is 1. The lowest BCUT2D eigenvalue weighted by Crippen LogP contribution is -2.17. The number of tetrazole rings is 1. The van der Waals surface area contributed by atoms with Gasteiger partial charge in [-0.25, -0.2) is 4.68 Å². The molecule has 0 radical (unpaired) electrons. The topological polar surface area (TPSA) is 55.6 Å². The van der Waals surface area contributed by atoms with E-state index in [9.17, 15) is 0 Å². The molecule has 5 nitrogen and oxygen atoms in total. The monoisotopic (exact) mass is 263 g/mol.